The highest BCUT2D eigenvalue weighted by Crippen LogP contribution is 2.74. The number of fused-ring (bicyclic) bond motifs is 39. The second-order valence-electron chi connectivity index (χ2n) is 30.6. The van der Waals surface area contributed by atoms with Crippen LogP contribution in [0, 0.1) is 177 Å². The molecule has 0 aromatic heterocycles. The van der Waals surface area contributed by atoms with Gasteiger partial charge in [0, 0.05) is 30.3 Å². The van der Waals surface area contributed by atoms with E-state index in [1.54, 1.807) is 0 Å². The first-order chi connectivity index (χ1) is 35.7. The highest BCUT2D eigenvalue weighted by molar-refractivity contribution is 5.81. The zero-order valence-electron chi connectivity index (χ0n) is 45.0. The minimum absolute atomic E-state index is 0.0127. The molecule has 15 saturated carbocycles. The Morgan fingerprint density at radius 2 is 0.946 bits per heavy atom. The van der Waals surface area contributed by atoms with Crippen molar-refractivity contribution in [1.82, 2.24) is 0 Å². The number of hydrogen-bond donors (Lipinski definition) is 0. The van der Waals surface area contributed by atoms with Gasteiger partial charge in [-0.1, -0.05) is 20.8 Å². The van der Waals surface area contributed by atoms with Crippen molar-refractivity contribution >= 4 is 29.8 Å². The molecule has 74 heavy (non-hydrogen) atoms. The third-order valence-corrected chi connectivity index (χ3v) is 28.5. The van der Waals surface area contributed by atoms with E-state index in [1.165, 1.54) is 70.6 Å². The molecule has 0 aromatic rings. The van der Waals surface area contributed by atoms with E-state index in [0.29, 0.717) is 54.1 Å². The summed E-state index contributed by atoms with van der Waals surface area (Å²) in [5, 5.41) is 0. The molecule has 0 spiro atoms. The van der Waals surface area contributed by atoms with Crippen LogP contribution in [0.5, 0.6) is 0 Å². The summed E-state index contributed by atoms with van der Waals surface area (Å²) in [6.07, 6.45) is 23.0. The number of hydrogen-bond acceptors (Lipinski definition) is 11. The first kappa shape index (κ1) is 47.3. The molecule has 0 N–H and O–H groups in total. The zero-order valence-corrected chi connectivity index (χ0v) is 45.0. The standard InChI is InChI=1S/C15H20O3.C15H20O2.C14H18O2.C10H14O2.C9H14O2/c1-17-11-3-6-2-8(11)13-7-4-9(12(6)13)14-10(7)5-18-15(14)16;1-6-2-7-3-8(6)13-10-4-9(12(7)13)11-5-17-15(16)14(10)11;15-14-13-9-4-8(10(13)5-16-14)11-6-1-2-7(3-6)12(9)11;11-10-8-2-6-1-7(3-8)5-9(4-6)12-10;1-8(2)6-4-5-9(8,3)7(10)11-6/h6-14H,2-5H2,1H3;6-14H,2-5H2,1H3;6-13H,1-5H2;6-9H,1-5H2;6H,4-5H2,1-3H3. The molecule has 6 aliphatic heterocycles. The number of cyclic esters (lactones) is 3. The maximum Gasteiger partial charge on any atom is 0.312 e. The predicted octanol–water partition coefficient (Wildman–Crippen LogP) is 9.61. The number of ether oxygens (including phenoxy) is 6. The fraction of sp³-hybridized carbons (Fsp3) is 0.921. The second kappa shape index (κ2) is 16.4. The van der Waals surface area contributed by atoms with Crippen LogP contribution in [-0.4, -0.2) is 75.1 Å². The molecular formula is C63H86O11. The molecule has 30 atom stereocenters. The van der Waals surface area contributed by atoms with Crippen molar-refractivity contribution in [3.8, 4) is 0 Å². The summed E-state index contributed by atoms with van der Waals surface area (Å²) in [5.41, 5.74) is -0.137. The zero-order chi connectivity index (χ0) is 50.2. The van der Waals surface area contributed by atoms with Crippen LogP contribution in [0.1, 0.15) is 137 Å². The molecule has 21 aliphatic rings. The third kappa shape index (κ3) is 6.31. The van der Waals surface area contributed by atoms with Crippen molar-refractivity contribution in [2.75, 3.05) is 26.9 Å². The van der Waals surface area contributed by atoms with E-state index in [1.807, 2.05) is 14.0 Å². The lowest BCUT2D eigenvalue weighted by molar-refractivity contribution is -0.152. The number of esters is 5. The molecule has 18 bridgehead atoms. The molecule has 21 fully saturated rings. The molecule has 11 nitrogen and oxygen atoms in total. The smallest absolute Gasteiger partial charge is 0.312 e. The summed E-state index contributed by atoms with van der Waals surface area (Å²) < 4.78 is 32.3. The second-order valence-corrected chi connectivity index (χ2v) is 30.6. The lowest BCUT2D eigenvalue weighted by Gasteiger charge is -2.41. The minimum atomic E-state index is -0.197. The van der Waals surface area contributed by atoms with Crippen LogP contribution in [-0.2, 0) is 52.4 Å². The lowest BCUT2D eigenvalue weighted by atomic mass is 9.62. The van der Waals surface area contributed by atoms with Crippen LogP contribution in [0.2, 0.25) is 0 Å². The van der Waals surface area contributed by atoms with Gasteiger partial charge < -0.3 is 28.4 Å². The van der Waals surface area contributed by atoms with Gasteiger partial charge in [0.1, 0.15) is 12.2 Å². The molecular weight excluding hydrogens is 933 g/mol. The Morgan fingerprint density at radius 1 is 0.446 bits per heavy atom. The molecule has 11 heteroatoms. The van der Waals surface area contributed by atoms with E-state index in [-0.39, 0.29) is 64.7 Å². The highest BCUT2D eigenvalue weighted by atomic mass is 16.6. The van der Waals surface area contributed by atoms with Gasteiger partial charge in [-0.2, -0.15) is 0 Å². The van der Waals surface area contributed by atoms with Crippen LogP contribution >= 0.6 is 0 Å². The quantitative estimate of drug-likeness (QED) is 0.141. The average Bonchev–Trinajstić information content (AvgIpc) is 4.20. The van der Waals surface area contributed by atoms with E-state index in [0.717, 1.165) is 164 Å². The van der Waals surface area contributed by atoms with Gasteiger partial charge in [0.25, 0.3) is 0 Å². The molecule has 404 valence electrons. The van der Waals surface area contributed by atoms with Crippen molar-refractivity contribution in [3.63, 3.8) is 0 Å². The number of rotatable bonds is 1. The minimum Gasteiger partial charge on any atom is -0.465 e. The number of methoxy groups -OCH3 is 1. The van der Waals surface area contributed by atoms with Gasteiger partial charge in [0.15, 0.2) is 0 Å². The molecule has 0 aromatic carbocycles. The van der Waals surface area contributed by atoms with E-state index >= 15 is 0 Å². The summed E-state index contributed by atoms with van der Waals surface area (Å²) in [5.74, 6) is 21.7. The maximum atomic E-state index is 11.9. The van der Waals surface area contributed by atoms with E-state index < -0.39 is 0 Å². The Bertz CT molecular complexity index is 2370. The predicted molar refractivity (Wildman–Crippen MR) is 267 cm³/mol. The third-order valence-electron chi connectivity index (χ3n) is 28.5. The van der Waals surface area contributed by atoms with E-state index in [2.05, 4.69) is 20.8 Å². The average molecular weight is 1020 g/mol. The van der Waals surface area contributed by atoms with Gasteiger partial charge in [-0.3, -0.25) is 24.0 Å². The molecule has 0 radical (unpaired) electrons. The summed E-state index contributed by atoms with van der Waals surface area (Å²) >= 11 is 0. The van der Waals surface area contributed by atoms with Gasteiger partial charge in [0.05, 0.1) is 55.0 Å². The van der Waals surface area contributed by atoms with Gasteiger partial charge in [-0.25, -0.2) is 0 Å². The fourth-order valence-electron chi connectivity index (χ4n) is 25.9. The normalized spacial score (nSPS) is 59.6. The van der Waals surface area contributed by atoms with Crippen LogP contribution in [0.25, 0.3) is 0 Å². The Kier molecular flexibility index (Phi) is 10.5. The Balaban J connectivity index is 0.0000000797. The molecule has 30 unspecified atom stereocenters. The number of carbonyl (C=O) groups excluding carboxylic acids is 5. The van der Waals surface area contributed by atoms with Crippen LogP contribution in [0.15, 0.2) is 0 Å². The summed E-state index contributed by atoms with van der Waals surface area (Å²) in [6.45, 7) is 11.0. The van der Waals surface area contributed by atoms with Crippen LogP contribution < -0.4 is 0 Å². The van der Waals surface area contributed by atoms with E-state index in [9.17, 15) is 24.0 Å². The number of carbonyl (C=O) groups is 5. The SMILES string of the molecule is CC12CCC(OC1=O)C2(C)C.CC1CC2CC1C1C3CC(C4COC(=O)C43)C21.COC1CC2CC1C1C3CC(C4C(=O)OCC34)C21.O=C1OC2CC3CC(C2)CC1C3.O=C1OCC2C3CC(C12)C1C2CCC(C2)C31. The highest BCUT2D eigenvalue weighted by Gasteiger charge is 2.73. The Labute approximate surface area is 439 Å². The van der Waals surface area contributed by atoms with Crippen molar-refractivity contribution in [1.29, 1.82) is 0 Å². The summed E-state index contributed by atoms with van der Waals surface area (Å²) in [6, 6.07) is 0. The topological polar surface area (TPSA) is 141 Å². The molecule has 0 amide bonds. The van der Waals surface area contributed by atoms with E-state index in [4.69, 9.17) is 28.4 Å². The summed E-state index contributed by atoms with van der Waals surface area (Å²) in [7, 11) is 1.87. The molecule has 6 heterocycles. The molecule has 6 saturated heterocycles. The fourth-order valence-corrected chi connectivity index (χ4v) is 25.9. The van der Waals surface area contributed by atoms with Gasteiger partial charge in [0.2, 0.25) is 0 Å². The van der Waals surface area contributed by atoms with Gasteiger partial charge in [-0.15, -0.1) is 0 Å². The largest absolute Gasteiger partial charge is 0.465 e. The van der Waals surface area contributed by atoms with Crippen molar-refractivity contribution in [2.45, 2.75) is 155 Å². The molecule has 15 aliphatic carbocycles. The first-order valence-electron chi connectivity index (χ1n) is 31.1. The molecule has 21 rings (SSSR count). The Hall–Kier alpha value is -2.69. The maximum absolute atomic E-state index is 11.9. The van der Waals surface area contributed by atoms with Crippen molar-refractivity contribution < 1.29 is 52.4 Å². The van der Waals surface area contributed by atoms with Crippen LogP contribution in [0.3, 0.4) is 0 Å². The van der Waals surface area contributed by atoms with Gasteiger partial charge >= 0.3 is 29.8 Å². The van der Waals surface area contributed by atoms with Crippen molar-refractivity contribution in [3.05, 3.63) is 0 Å². The monoisotopic (exact) mass is 1020 g/mol. The summed E-state index contributed by atoms with van der Waals surface area (Å²) in [4.78, 5) is 58.4. The van der Waals surface area contributed by atoms with Crippen molar-refractivity contribution in [2.24, 2.45) is 177 Å². The van der Waals surface area contributed by atoms with Crippen LogP contribution in [0.4, 0.5) is 0 Å². The van der Waals surface area contributed by atoms with Gasteiger partial charge in [-0.05, 0) is 240 Å². The first-order valence-corrected chi connectivity index (χ1v) is 31.1. The lowest BCUT2D eigenvalue weighted by Crippen LogP contribution is -2.42. The Morgan fingerprint density at radius 3 is 1.47 bits per heavy atom.